The first-order valence-corrected chi connectivity index (χ1v) is 6.00. The first kappa shape index (κ1) is 12.1. The summed E-state index contributed by atoms with van der Waals surface area (Å²) in [5.41, 5.74) is 0.674. The standard InChI is InChI=1S/C14H18N2O/c1-14(11-15)7-8-16(10-13(14)17)9-12-5-3-2-4-6-12/h2-6,13,17H,7-10H2,1H3/t13-,14+/m1/s1. The number of likely N-dealkylation sites (tertiary alicyclic amines) is 1. The largest absolute Gasteiger partial charge is 0.390 e. The summed E-state index contributed by atoms with van der Waals surface area (Å²) in [6, 6.07) is 12.5. The van der Waals surface area contributed by atoms with Gasteiger partial charge in [-0.3, -0.25) is 4.90 Å². The second kappa shape index (κ2) is 4.87. The van der Waals surface area contributed by atoms with E-state index in [0.29, 0.717) is 6.54 Å². The van der Waals surface area contributed by atoms with Gasteiger partial charge in [0.25, 0.3) is 0 Å². The van der Waals surface area contributed by atoms with E-state index in [1.807, 2.05) is 25.1 Å². The quantitative estimate of drug-likeness (QED) is 0.842. The molecule has 3 nitrogen and oxygen atoms in total. The van der Waals surface area contributed by atoms with Gasteiger partial charge in [0.2, 0.25) is 0 Å². The van der Waals surface area contributed by atoms with Crippen LogP contribution >= 0.6 is 0 Å². The number of hydrogen-bond donors (Lipinski definition) is 1. The number of hydrogen-bond acceptors (Lipinski definition) is 3. The number of piperidine rings is 1. The molecule has 0 aromatic heterocycles. The molecule has 0 bridgehead atoms. The summed E-state index contributed by atoms with van der Waals surface area (Å²) < 4.78 is 0. The van der Waals surface area contributed by atoms with Gasteiger partial charge in [-0.25, -0.2) is 0 Å². The monoisotopic (exact) mass is 230 g/mol. The van der Waals surface area contributed by atoms with E-state index < -0.39 is 11.5 Å². The summed E-state index contributed by atoms with van der Waals surface area (Å²) in [5, 5.41) is 19.1. The van der Waals surface area contributed by atoms with Crippen LogP contribution in [-0.2, 0) is 6.54 Å². The maximum absolute atomic E-state index is 10.0. The zero-order valence-corrected chi connectivity index (χ0v) is 10.1. The smallest absolute Gasteiger partial charge is 0.0851 e. The Morgan fingerprint density at radius 2 is 2.18 bits per heavy atom. The van der Waals surface area contributed by atoms with Gasteiger partial charge in [0, 0.05) is 19.6 Å². The highest BCUT2D eigenvalue weighted by Gasteiger charge is 2.38. The molecule has 17 heavy (non-hydrogen) atoms. The van der Waals surface area contributed by atoms with Crippen molar-refractivity contribution in [1.82, 2.24) is 4.90 Å². The molecule has 1 aromatic carbocycles. The van der Waals surface area contributed by atoms with E-state index in [1.54, 1.807) is 0 Å². The van der Waals surface area contributed by atoms with E-state index >= 15 is 0 Å². The van der Waals surface area contributed by atoms with Crippen molar-refractivity contribution < 1.29 is 5.11 Å². The lowest BCUT2D eigenvalue weighted by molar-refractivity contribution is -0.00809. The van der Waals surface area contributed by atoms with Crippen molar-refractivity contribution in [3.8, 4) is 6.07 Å². The number of benzene rings is 1. The van der Waals surface area contributed by atoms with Crippen molar-refractivity contribution in [2.75, 3.05) is 13.1 Å². The molecule has 2 rings (SSSR count). The minimum atomic E-state index is -0.576. The fourth-order valence-electron chi connectivity index (χ4n) is 2.21. The molecule has 0 unspecified atom stereocenters. The number of aliphatic hydroxyl groups is 1. The number of nitriles is 1. The minimum Gasteiger partial charge on any atom is -0.390 e. The number of rotatable bonds is 2. The molecule has 3 heteroatoms. The lowest BCUT2D eigenvalue weighted by atomic mass is 9.79. The van der Waals surface area contributed by atoms with Gasteiger partial charge in [0.05, 0.1) is 17.6 Å². The van der Waals surface area contributed by atoms with Crippen LogP contribution < -0.4 is 0 Å². The van der Waals surface area contributed by atoms with Crippen LogP contribution in [0.25, 0.3) is 0 Å². The average molecular weight is 230 g/mol. The molecule has 1 heterocycles. The SMILES string of the molecule is C[C@@]1(C#N)CCN(Cc2ccccc2)C[C@H]1O. The molecule has 0 spiro atoms. The minimum absolute atomic E-state index is 0.551. The zero-order valence-electron chi connectivity index (χ0n) is 10.1. The highest BCUT2D eigenvalue weighted by atomic mass is 16.3. The number of β-amino-alcohol motifs (C(OH)–C–C–N with tert-alkyl or cyclic N) is 1. The Kier molecular flexibility index (Phi) is 3.46. The van der Waals surface area contributed by atoms with Crippen LogP contribution in [-0.4, -0.2) is 29.2 Å². The molecule has 90 valence electrons. The van der Waals surface area contributed by atoms with Gasteiger partial charge in [0.15, 0.2) is 0 Å². The number of aliphatic hydroxyl groups excluding tert-OH is 1. The first-order chi connectivity index (χ1) is 8.14. The molecule has 0 saturated carbocycles. The predicted octanol–water partition coefficient (Wildman–Crippen LogP) is 1.78. The van der Waals surface area contributed by atoms with Gasteiger partial charge in [0.1, 0.15) is 0 Å². The Labute approximate surface area is 102 Å². The van der Waals surface area contributed by atoms with Gasteiger partial charge in [-0.05, 0) is 18.9 Å². The molecule has 1 saturated heterocycles. The molecule has 0 amide bonds. The Morgan fingerprint density at radius 1 is 1.47 bits per heavy atom. The summed E-state index contributed by atoms with van der Waals surface area (Å²) in [5.74, 6) is 0. The van der Waals surface area contributed by atoms with Crippen molar-refractivity contribution in [3.05, 3.63) is 35.9 Å². The first-order valence-electron chi connectivity index (χ1n) is 6.00. The van der Waals surface area contributed by atoms with Crippen LogP contribution in [0.15, 0.2) is 30.3 Å². The van der Waals surface area contributed by atoms with Gasteiger partial charge in [-0.1, -0.05) is 30.3 Å². The lowest BCUT2D eigenvalue weighted by Crippen LogP contribution is -2.48. The van der Waals surface area contributed by atoms with Crippen molar-refractivity contribution in [2.45, 2.75) is 26.0 Å². The van der Waals surface area contributed by atoms with Crippen LogP contribution in [0.1, 0.15) is 18.9 Å². The molecule has 2 atom stereocenters. The third-order valence-electron chi connectivity index (χ3n) is 3.62. The molecule has 0 radical (unpaired) electrons. The molecule has 1 fully saturated rings. The van der Waals surface area contributed by atoms with Crippen LogP contribution in [0.3, 0.4) is 0 Å². The van der Waals surface area contributed by atoms with Crippen molar-refractivity contribution in [3.63, 3.8) is 0 Å². The average Bonchev–Trinajstić information content (AvgIpc) is 2.35. The summed E-state index contributed by atoms with van der Waals surface area (Å²) in [4.78, 5) is 2.21. The van der Waals surface area contributed by atoms with Gasteiger partial charge in [-0.2, -0.15) is 5.26 Å². The molecular formula is C14H18N2O. The van der Waals surface area contributed by atoms with Gasteiger partial charge in [-0.15, -0.1) is 0 Å². The van der Waals surface area contributed by atoms with Crippen molar-refractivity contribution in [2.24, 2.45) is 5.41 Å². The maximum Gasteiger partial charge on any atom is 0.0851 e. The fraction of sp³-hybridized carbons (Fsp3) is 0.500. The van der Waals surface area contributed by atoms with Crippen molar-refractivity contribution in [1.29, 1.82) is 5.26 Å². The van der Waals surface area contributed by atoms with Crippen LogP contribution in [0, 0.1) is 16.7 Å². The normalized spacial score (nSPS) is 29.8. The Balaban J connectivity index is 1.97. The van der Waals surface area contributed by atoms with Crippen LogP contribution in [0.5, 0.6) is 0 Å². The van der Waals surface area contributed by atoms with E-state index in [0.717, 1.165) is 19.5 Å². The van der Waals surface area contributed by atoms with Gasteiger partial charge < -0.3 is 5.11 Å². The third-order valence-corrected chi connectivity index (χ3v) is 3.62. The summed E-state index contributed by atoms with van der Waals surface area (Å²) >= 11 is 0. The third kappa shape index (κ3) is 2.66. The summed E-state index contributed by atoms with van der Waals surface area (Å²) in [6.07, 6.45) is 0.183. The molecule has 1 aliphatic heterocycles. The Bertz CT molecular complexity index is 412. The Morgan fingerprint density at radius 3 is 2.76 bits per heavy atom. The second-order valence-corrected chi connectivity index (χ2v) is 5.02. The lowest BCUT2D eigenvalue weighted by Gasteiger charge is -2.39. The molecule has 0 aliphatic carbocycles. The Hall–Kier alpha value is -1.37. The second-order valence-electron chi connectivity index (χ2n) is 5.02. The topological polar surface area (TPSA) is 47.3 Å². The zero-order chi connectivity index (χ0) is 12.3. The summed E-state index contributed by atoms with van der Waals surface area (Å²) in [7, 11) is 0. The highest BCUT2D eigenvalue weighted by molar-refractivity contribution is 5.15. The van der Waals surface area contributed by atoms with E-state index in [1.165, 1.54) is 5.56 Å². The highest BCUT2D eigenvalue weighted by Crippen LogP contribution is 2.30. The van der Waals surface area contributed by atoms with Crippen molar-refractivity contribution >= 4 is 0 Å². The van der Waals surface area contributed by atoms with Gasteiger partial charge >= 0.3 is 0 Å². The van der Waals surface area contributed by atoms with E-state index in [4.69, 9.17) is 5.26 Å². The van der Waals surface area contributed by atoms with Crippen LogP contribution in [0.2, 0.25) is 0 Å². The molecular weight excluding hydrogens is 212 g/mol. The fourth-order valence-corrected chi connectivity index (χ4v) is 2.21. The van der Waals surface area contributed by atoms with E-state index in [2.05, 4.69) is 23.1 Å². The molecule has 1 aromatic rings. The summed E-state index contributed by atoms with van der Waals surface area (Å²) in [6.45, 7) is 4.14. The molecule has 1 aliphatic rings. The predicted molar refractivity (Wildman–Crippen MR) is 66.1 cm³/mol. The van der Waals surface area contributed by atoms with Crippen LogP contribution in [0.4, 0.5) is 0 Å². The van der Waals surface area contributed by atoms with E-state index in [-0.39, 0.29) is 0 Å². The maximum atomic E-state index is 10.0. The molecule has 1 N–H and O–H groups in total. The van der Waals surface area contributed by atoms with E-state index in [9.17, 15) is 5.11 Å². The number of nitrogens with zero attached hydrogens (tertiary/aromatic N) is 2.